The number of aliphatic hydroxyl groups is 1. The molecule has 4 aromatic carbocycles. The van der Waals surface area contributed by atoms with Gasteiger partial charge in [0.25, 0.3) is 0 Å². The van der Waals surface area contributed by atoms with Crippen LogP contribution in [0.5, 0.6) is 11.8 Å². The number of likely N-dealkylation sites (tertiary alicyclic amines) is 1. The van der Waals surface area contributed by atoms with Gasteiger partial charge in [-0.25, -0.2) is 13.5 Å². The standard InChI is InChI=1S/C60H66ClF5N12O5/c1-32(2)55(58(80-4)76-20-6-8-49(76)33(3)71-48(30-79)36-13-15-37(16-14-36)53-44(62)7-5-19-69-53)78-29-47(74-75-78)35-11-9-34(10-12-35)31-82-56-51(50-42(26-67)46(68)25-45(63)52(50)61)43(60(64,65)66)24-41-54(56)72-59(83-40-17-21-81-22-18-40)73-57(41)77-28-38-23-39(77)27-70-38/h5,7,9-16,19,24-26,29,32-33,38-40,48-49,55,58,67,70-71,79H,6,8,17-18,20-23,27-28,30-31,68H2,1-4H3/t33?,38-,39-,48?,49-,55-,58?/m0/s1. The monoisotopic (exact) mass is 1160 g/mol. The van der Waals surface area contributed by atoms with E-state index in [-0.39, 0.29) is 101 Å². The van der Waals surface area contributed by atoms with E-state index in [0.717, 1.165) is 49.7 Å². The number of hydrogen-bond acceptors (Lipinski definition) is 16. The number of anilines is 2. The molecule has 4 aliphatic heterocycles. The maximum absolute atomic E-state index is 15.9. The first-order valence-corrected chi connectivity index (χ1v) is 28.4. The van der Waals surface area contributed by atoms with E-state index in [1.54, 1.807) is 31.5 Å². The minimum atomic E-state index is -5.07. The summed E-state index contributed by atoms with van der Waals surface area (Å²) < 4.78 is 105. The van der Waals surface area contributed by atoms with Gasteiger partial charge in [-0.15, -0.1) is 5.10 Å². The number of methoxy groups -OCH3 is 1. The number of nitrogen functional groups attached to an aromatic ring is 1. The molecule has 0 amide bonds. The first kappa shape index (κ1) is 57.9. The van der Waals surface area contributed by atoms with Crippen LogP contribution in [0.1, 0.15) is 87.2 Å². The van der Waals surface area contributed by atoms with Crippen molar-refractivity contribution in [3.05, 3.63) is 124 Å². The normalized spacial score (nSPS) is 20.1. The number of aliphatic hydroxyl groups excluding tert-OH is 1. The van der Waals surface area contributed by atoms with Crippen molar-refractivity contribution in [2.24, 2.45) is 5.92 Å². The van der Waals surface area contributed by atoms with Gasteiger partial charge in [0, 0.05) is 115 Å². The van der Waals surface area contributed by atoms with E-state index in [0.29, 0.717) is 61.5 Å². The summed E-state index contributed by atoms with van der Waals surface area (Å²) in [5.41, 5.74) is 6.89. The molecule has 3 unspecified atom stereocenters. The molecule has 7 heterocycles. The van der Waals surface area contributed by atoms with Gasteiger partial charge in [-0.1, -0.05) is 79.2 Å². The summed E-state index contributed by atoms with van der Waals surface area (Å²) in [7, 11) is 1.69. The highest BCUT2D eigenvalue weighted by atomic mass is 35.5. The first-order chi connectivity index (χ1) is 40.0. The predicted molar refractivity (Wildman–Crippen MR) is 305 cm³/mol. The van der Waals surface area contributed by atoms with E-state index in [1.165, 1.54) is 6.07 Å². The third-order valence-corrected chi connectivity index (χ3v) is 16.9. The number of ether oxygens (including phenoxy) is 4. The van der Waals surface area contributed by atoms with Crippen molar-refractivity contribution >= 4 is 40.2 Å². The Morgan fingerprint density at radius 2 is 1.75 bits per heavy atom. The van der Waals surface area contributed by atoms with E-state index in [4.69, 9.17) is 51.7 Å². The Bertz CT molecular complexity index is 3460. The molecule has 0 saturated carbocycles. The lowest BCUT2D eigenvalue weighted by Gasteiger charge is -2.41. The van der Waals surface area contributed by atoms with Gasteiger partial charge < -0.3 is 50.7 Å². The lowest BCUT2D eigenvalue weighted by Crippen LogP contribution is -2.54. The zero-order chi connectivity index (χ0) is 58.3. The number of nitrogens with one attached hydrogen (secondary N) is 3. The van der Waals surface area contributed by atoms with Gasteiger partial charge in [0.15, 0.2) is 5.75 Å². The number of fused-ring (bicyclic) bond motifs is 3. The molecule has 7 aromatic rings. The Morgan fingerprint density at radius 3 is 2.41 bits per heavy atom. The first-order valence-electron chi connectivity index (χ1n) is 28.0. The molecule has 0 spiro atoms. The van der Waals surface area contributed by atoms with Gasteiger partial charge in [0.1, 0.15) is 53.3 Å². The lowest BCUT2D eigenvalue weighted by molar-refractivity contribution is -0.137. The molecule has 23 heteroatoms. The molecule has 83 heavy (non-hydrogen) atoms. The van der Waals surface area contributed by atoms with E-state index in [9.17, 15) is 9.50 Å². The van der Waals surface area contributed by atoms with Crippen molar-refractivity contribution in [3.8, 4) is 45.4 Å². The largest absolute Gasteiger partial charge is 0.486 e. The lowest BCUT2D eigenvalue weighted by atomic mass is 9.91. The number of alkyl halides is 3. The summed E-state index contributed by atoms with van der Waals surface area (Å²) in [4.78, 5) is 18.1. The van der Waals surface area contributed by atoms with E-state index in [1.807, 2.05) is 52.2 Å². The number of nitrogens with zero attached hydrogens (tertiary/aromatic N) is 8. The minimum Gasteiger partial charge on any atom is -0.486 e. The van der Waals surface area contributed by atoms with Gasteiger partial charge in [0.05, 0.1) is 48.7 Å². The number of piperazine rings is 1. The summed E-state index contributed by atoms with van der Waals surface area (Å²) in [5, 5.41) is 34.6. The van der Waals surface area contributed by atoms with Crippen molar-refractivity contribution < 1.29 is 46.0 Å². The van der Waals surface area contributed by atoms with Gasteiger partial charge in [-0.2, -0.15) is 23.1 Å². The fourth-order valence-corrected chi connectivity index (χ4v) is 12.7. The van der Waals surface area contributed by atoms with Crippen molar-refractivity contribution in [2.75, 3.05) is 57.2 Å². The maximum Gasteiger partial charge on any atom is 0.417 e. The Hall–Kier alpha value is -6.92. The molecule has 17 nitrogen and oxygen atoms in total. The smallest absolute Gasteiger partial charge is 0.417 e. The molecule has 4 aliphatic rings. The van der Waals surface area contributed by atoms with Crippen LogP contribution in [0, 0.1) is 23.0 Å². The zero-order valence-electron chi connectivity index (χ0n) is 46.3. The maximum atomic E-state index is 15.9. The average molecular weight is 1170 g/mol. The number of aromatic nitrogens is 6. The summed E-state index contributed by atoms with van der Waals surface area (Å²) in [5.74, 6) is -1.61. The minimum absolute atomic E-state index is 0.0293. The molecule has 438 valence electrons. The van der Waals surface area contributed by atoms with E-state index in [2.05, 4.69) is 51.6 Å². The fraction of sp³-hybridized carbons (Fsp3) is 0.433. The molecule has 2 bridgehead atoms. The molecule has 7 atom stereocenters. The van der Waals surface area contributed by atoms with Crippen molar-refractivity contribution in [3.63, 3.8) is 0 Å². The Kier molecular flexibility index (Phi) is 17.0. The van der Waals surface area contributed by atoms with Gasteiger partial charge in [-0.3, -0.25) is 9.88 Å². The van der Waals surface area contributed by atoms with E-state index >= 15 is 17.6 Å². The Balaban J connectivity index is 0.883. The molecule has 3 aromatic heterocycles. The topological polar surface area (TPSA) is 207 Å². The highest BCUT2D eigenvalue weighted by molar-refractivity contribution is 6.35. The highest BCUT2D eigenvalue weighted by Gasteiger charge is 2.44. The molecular weight excluding hydrogens is 1100 g/mol. The second-order valence-corrected chi connectivity index (χ2v) is 22.5. The highest BCUT2D eigenvalue weighted by Crippen LogP contribution is 2.52. The second-order valence-electron chi connectivity index (χ2n) is 22.1. The van der Waals surface area contributed by atoms with E-state index < -0.39 is 51.8 Å². The van der Waals surface area contributed by atoms with Crippen LogP contribution in [0.25, 0.3) is 44.5 Å². The van der Waals surface area contributed by atoms with Gasteiger partial charge in [0.2, 0.25) is 0 Å². The van der Waals surface area contributed by atoms with Gasteiger partial charge in [-0.05, 0) is 67.5 Å². The average Bonchev–Trinajstić information content (AvgIpc) is 3.98. The Labute approximate surface area is 482 Å². The fourth-order valence-electron chi connectivity index (χ4n) is 12.4. The zero-order valence-corrected chi connectivity index (χ0v) is 47.1. The SMILES string of the molecule is COC([C@H](C(C)C)n1cc(-c2ccc(COc3c(-c4c(Cl)c(F)cc(N)c4C=N)c(C(F)(F)F)cc4c(N5C[C@@H]6C[C@H]5CN6)nc(OC5CCOCC5)nc34)cc2)nn1)N1CCC[C@H]1C(C)NC(CO)c1ccc(-c2ncccc2F)cc1. The van der Waals surface area contributed by atoms with Gasteiger partial charge >= 0.3 is 12.2 Å². The number of benzene rings is 4. The quantitative estimate of drug-likeness (QED) is 0.0273. The van der Waals surface area contributed by atoms with Crippen molar-refractivity contribution in [1.82, 2.24) is 45.5 Å². The third kappa shape index (κ3) is 11.7. The molecule has 0 aliphatic carbocycles. The number of halogens is 6. The van der Waals surface area contributed by atoms with Crippen molar-refractivity contribution in [2.45, 2.75) is 114 Å². The van der Waals surface area contributed by atoms with Crippen LogP contribution < -0.4 is 30.7 Å². The number of pyridine rings is 1. The number of hydrogen-bond donors (Lipinski definition) is 5. The third-order valence-electron chi connectivity index (χ3n) is 16.6. The summed E-state index contributed by atoms with van der Waals surface area (Å²) in [6, 6.07) is 18.5. The molecular formula is C60H66ClF5N12O5. The van der Waals surface area contributed by atoms with Crippen LogP contribution in [0.2, 0.25) is 5.02 Å². The Morgan fingerprint density at radius 1 is 0.988 bits per heavy atom. The van der Waals surface area contributed by atoms with Crippen LogP contribution in [0.15, 0.2) is 85.2 Å². The predicted octanol–water partition coefficient (Wildman–Crippen LogP) is 10.2. The van der Waals surface area contributed by atoms with Crippen LogP contribution >= 0.6 is 11.6 Å². The molecule has 4 saturated heterocycles. The van der Waals surface area contributed by atoms with Crippen LogP contribution in [-0.2, 0) is 22.3 Å². The second kappa shape index (κ2) is 24.4. The number of nitrogens with two attached hydrogens (primary N) is 1. The molecule has 4 fully saturated rings. The molecule has 0 radical (unpaired) electrons. The van der Waals surface area contributed by atoms with Crippen LogP contribution in [-0.4, -0.2) is 129 Å². The summed E-state index contributed by atoms with van der Waals surface area (Å²) in [6.07, 6.45) is 1.99. The summed E-state index contributed by atoms with van der Waals surface area (Å²) in [6.45, 7) is 8.59. The number of rotatable bonds is 20. The molecule has 11 rings (SSSR count). The van der Waals surface area contributed by atoms with Crippen molar-refractivity contribution in [1.29, 1.82) is 5.41 Å². The van der Waals surface area contributed by atoms with Crippen LogP contribution in [0.3, 0.4) is 0 Å². The van der Waals surface area contributed by atoms with Crippen LogP contribution in [0.4, 0.5) is 33.5 Å². The molecule has 6 N–H and O–H groups in total. The summed E-state index contributed by atoms with van der Waals surface area (Å²) >= 11 is 6.65.